The molecule has 9 heteroatoms. The van der Waals surface area contributed by atoms with Crippen LogP contribution in [-0.4, -0.2) is 22.4 Å². The van der Waals surface area contributed by atoms with E-state index in [-0.39, 0.29) is 21.4 Å². The lowest BCUT2D eigenvalue weighted by atomic mass is 10.2. The maximum absolute atomic E-state index is 13.2. The first-order chi connectivity index (χ1) is 11.9. The van der Waals surface area contributed by atoms with Crippen LogP contribution in [0.15, 0.2) is 58.2 Å². The third kappa shape index (κ3) is 2.40. The average molecular weight is 438 g/mol. The molecule has 3 aromatic heterocycles. The van der Waals surface area contributed by atoms with Crippen molar-refractivity contribution in [2.45, 2.75) is 4.90 Å². The normalized spacial score (nSPS) is 12.1. The van der Waals surface area contributed by atoms with Crippen LogP contribution in [0, 0.1) is 0 Å². The van der Waals surface area contributed by atoms with Gasteiger partial charge in [0.2, 0.25) is 0 Å². The minimum Gasteiger partial charge on any atom is -0.382 e. The summed E-state index contributed by atoms with van der Waals surface area (Å²) in [6.07, 6.45) is 2.93. The summed E-state index contributed by atoms with van der Waals surface area (Å²) < 4.78 is 28.3. The number of nitrogens with two attached hydrogens (primary N) is 1. The van der Waals surface area contributed by atoms with E-state index >= 15 is 0 Å². The highest BCUT2D eigenvalue weighted by atomic mass is 79.9. The van der Waals surface area contributed by atoms with Crippen LogP contribution in [-0.2, 0) is 10.0 Å². The van der Waals surface area contributed by atoms with Crippen LogP contribution in [0.5, 0.6) is 0 Å². The van der Waals surface area contributed by atoms with Gasteiger partial charge < -0.3 is 5.73 Å². The van der Waals surface area contributed by atoms with E-state index in [9.17, 15) is 8.42 Å². The molecular weight excluding hydrogens is 428 g/mol. The van der Waals surface area contributed by atoms with Gasteiger partial charge in [0, 0.05) is 21.4 Å². The molecule has 4 rings (SSSR count). The van der Waals surface area contributed by atoms with Crippen LogP contribution < -0.4 is 5.73 Å². The van der Waals surface area contributed by atoms with Crippen molar-refractivity contribution in [1.29, 1.82) is 0 Å². The quantitative estimate of drug-likeness (QED) is 0.515. The van der Waals surface area contributed by atoms with Gasteiger partial charge in [-0.15, -0.1) is 0 Å². The lowest BCUT2D eigenvalue weighted by Gasteiger charge is -2.08. The summed E-state index contributed by atoms with van der Waals surface area (Å²) >= 11 is 9.68. The van der Waals surface area contributed by atoms with Crippen molar-refractivity contribution in [3.05, 3.63) is 58.3 Å². The maximum atomic E-state index is 13.2. The Morgan fingerprint density at radius 3 is 2.56 bits per heavy atom. The van der Waals surface area contributed by atoms with Crippen molar-refractivity contribution in [3.63, 3.8) is 0 Å². The first-order valence-electron chi connectivity index (χ1n) is 7.11. The van der Waals surface area contributed by atoms with Crippen molar-refractivity contribution < 1.29 is 8.42 Å². The molecule has 0 saturated heterocycles. The topological polar surface area (TPSA) is 90.9 Å². The Morgan fingerprint density at radius 1 is 1.12 bits per heavy atom. The summed E-state index contributed by atoms with van der Waals surface area (Å²) in [7, 11) is -3.89. The maximum Gasteiger partial charge on any atom is 0.269 e. The molecule has 0 aliphatic rings. The number of benzene rings is 1. The average Bonchev–Trinajstić information content (AvgIpc) is 2.93. The van der Waals surface area contributed by atoms with Crippen LogP contribution in [0.25, 0.3) is 21.9 Å². The van der Waals surface area contributed by atoms with Gasteiger partial charge in [-0.25, -0.2) is 22.4 Å². The van der Waals surface area contributed by atoms with Gasteiger partial charge in [0.1, 0.15) is 5.82 Å². The number of hydrogen-bond donors (Lipinski definition) is 1. The van der Waals surface area contributed by atoms with E-state index in [1.54, 1.807) is 24.3 Å². The highest BCUT2D eigenvalue weighted by Crippen LogP contribution is 2.38. The number of nitrogens with zero attached hydrogens (tertiary/aromatic N) is 3. The van der Waals surface area contributed by atoms with Crippen LogP contribution >= 0.6 is 27.5 Å². The number of aromatic nitrogens is 3. The summed E-state index contributed by atoms with van der Waals surface area (Å²) in [5.74, 6) is 0.130. The molecule has 0 aliphatic heterocycles. The molecule has 0 fully saturated rings. The van der Waals surface area contributed by atoms with Crippen LogP contribution in [0.2, 0.25) is 5.02 Å². The van der Waals surface area contributed by atoms with Crippen LogP contribution in [0.3, 0.4) is 0 Å². The Hall–Kier alpha value is -2.16. The van der Waals surface area contributed by atoms with Gasteiger partial charge >= 0.3 is 0 Å². The van der Waals surface area contributed by atoms with Crippen molar-refractivity contribution in [2.75, 3.05) is 5.73 Å². The highest BCUT2D eigenvalue weighted by molar-refractivity contribution is 9.10. The number of hydrogen-bond acceptors (Lipinski definition) is 5. The molecular formula is C16H10BrClN4O2S. The Labute approximate surface area is 156 Å². The van der Waals surface area contributed by atoms with E-state index in [4.69, 9.17) is 17.3 Å². The Bertz CT molecular complexity index is 1240. The zero-order chi connectivity index (χ0) is 17.8. The van der Waals surface area contributed by atoms with Gasteiger partial charge in [0.15, 0.2) is 5.65 Å². The SMILES string of the molecule is Nc1ncc2c(c1Cl)c1cc(Br)cnc1n2S(=O)(=O)c1ccccc1. The number of fused-ring (bicyclic) bond motifs is 3. The largest absolute Gasteiger partial charge is 0.382 e. The zero-order valence-electron chi connectivity index (χ0n) is 12.5. The van der Waals surface area contributed by atoms with Gasteiger partial charge in [-0.1, -0.05) is 29.8 Å². The van der Waals surface area contributed by atoms with Crippen molar-refractivity contribution in [1.82, 2.24) is 13.9 Å². The number of halogens is 2. The summed E-state index contributed by atoms with van der Waals surface area (Å²) in [4.78, 5) is 8.45. The molecule has 1 aromatic carbocycles. The standard InChI is InChI=1S/C16H10BrClN4O2S/c17-9-6-11-13-12(8-20-15(19)14(13)18)22(16(11)21-7-9)25(23,24)10-4-2-1-3-5-10/h1-8H,(H2,19,20). The molecule has 0 bridgehead atoms. The van der Waals surface area contributed by atoms with Crippen molar-refractivity contribution in [3.8, 4) is 0 Å². The van der Waals surface area contributed by atoms with Gasteiger partial charge in [-0.2, -0.15) is 0 Å². The highest BCUT2D eigenvalue weighted by Gasteiger charge is 2.26. The lowest BCUT2D eigenvalue weighted by molar-refractivity contribution is 0.590. The molecule has 0 unspecified atom stereocenters. The van der Waals surface area contributed by atoms with E-state index in [1.807, 2.05) is 0 Å². The van der Waals surface area contributed by atoms with E-state index < -0.39 is 10.0 Å². The molecule has 4 aromatic rings. The van der Waals surface area contributed by atoms with E-state index in [0.29, 0.717) is 20.8 Å². The second-order valence-corrected chi connectivity index (χ2v) is 8.41. The fourth-order valence-corrected chi connectivity index (χ4v) is 4.80. The first-order valence-corrected chi connectivity index (χ1v) is 9.72. The Morgan fingerprint density at radius 2 is 1.84 bits per heavy atom. The zero-order valence-corrected chi connectivity index (χ0v) is 15.7. The molecule has 2 N–H and O–H groups in total. The molecule has 0 amide bonds. The Kier molecular flexibility index (Phi) is 3.71. The fourth-order valence-electron chi connectivity index (χ4n) is 2.74. The van der Waals surface area contributed by atoms with E-state index in [2.05, 4.69) is 25.9 Å². The predicted molar refractivity (Wildman–Crippen MR) is 101 cm³/mol. The molecule has 0 saturated carbocycles. The van der Waals surface area contributed by atoms with E-state index in [1.165, 1.54) is 24.5 Å². The lowest BCUT2D eigenvalue weighted by Crippen LogP contribution is -2.13. The summed E-state index contributed by atoms with van der Waals surface area (Å²) in [5, 5.41) is 1.27. The third-order valence-electron chi connectivity index (χ3n) is 3.82. The Balaban J connectivity index is 2.23. The predicted octanol–water partition coefficient (Wildman–Crippen LogP) is 3.82. The number of rotatable bonds is 2. The van der Waals surface area contributed by atoms with Gasteiger partial charge in [-0.3, -0.25) is 0 Å². The van der Waals surface area contributed by atoms with Crippen LogP contribution in [0.1, 0.15) is 0 Å². The molecule has 0 spiro atoms. The van der Waals surface area contributed by atoms with Gasteiger partial charge in [-0.05, 0) is 34.1 Å². The molecule has 0 radical (unpaired) electrons. The smallest absolute Gasteiger partial charge is 0.269 e. The molecule has 0 aliphatic carbocycles. The number of anilines is 1. The molecule has 25 heavy (non-hydrogen) atoms. The fraction of sp³-hybridized carbons (Fsp3) is 0. The van der Waals surface area contributed by atoms with Crippen molar-refractivity contribution >= 4 is 65.3 Å². The third-order valence-corrected chi connectivity index (χ3v) is 6.36. The second-order valence-electron chi connectivity index (χ2n) is 5.32. The second kappa shape index (κ2) is 5.69. The minimum absolute atomic E-state index is 0.130. The van der Waals surface area contributed by atoms with Crippen LogP contribution in [0.4, 0.5) is 5.82 Å². The van der Waals surface area contributed by atoms with Crippen molar-refractivity contribution in [2.24, 2.45) is 0 Å². The molecule has 126 valence electrons. The first kappa shape index (κ1) is 16.3. The minimum atomic E-state index is -3.89. The summed E-state index contributed by atoms with van der Waals surface area (Å²) in [5.41, 5.74) is 6.39. The molecule has 6 nitrogen and oxygen atoms in total. The number of pyridine rings is 2. The molecule has 3 heterocycles. The summed E-state index contributed by atoms with van der Waals surface area (Å²) in [6, 6.07) is 9.88. The summed E-state index contributed by atoms with van der Waals surface area (Å²) in [6.45, 7) is 0. The number of nitrogen functional groups attached to an aromatic ring is 1. The van der Waals surface area contributed by atoms with E-state index in [0.717, 1.165) is 3.97 Å². The molecule has 0 atom stereocenters. The van der Waals surface area contributed by atoms with Gasteiger partial charge in [0.05, 0.1) is 21.6 Å². The monoisotopic (exact) mass is 436 g/mol. The van der Waals surface area contributed by atoms with Gasteiger partial charge in [0.25, 0.3) is 10.0 Å².